The van der Waals surface area contributed by atoms with E-state index in [0.29, 0.717) is 24.1 Å². The number of nitriles is 1. The van der Waals surface area contributed by atoms with E-state index in [1.807, 2.05) is 0 Å². The third-order valence-electron chi connectivity index (χ3n) is 4.11. The van der Waals surface area contributed by atoms with Crippen molar-refractivity contribution in [2.45, 2.75) is 31.7 Å². The second kappa shape index (κ2) is 5.26. The molecule has 0 atom stereocenters. The normalized spacial score (nSPS) is 15.7. The van der Waals surface area contributed by atoms with Crippen molar-refractivity contribution < 1.29 is 9.18 Å². The SMILES string of the molecule is Cc1c(C(=O)NC2(C#N)CCC2)cnn1-c1ccccc1F. The Kier molecular flexibility index (Phi) is 3.41. The van der Waals surface area contributed by atoms with Crippen molar-refractivity contribution in [3.05, 3.63) is 47.5 Å². The maximum Gasteiger partial charge on any atom is 0.256 e. The Bertz CT molecular complexity index is 771. The van der Waals surface area contributed by atoms with Crippen LogP contribution in [0.2, 0.25) is 0 Å². The van der Waals surface area contributed by atoms with Crippen molar-refractivity contribution in [1.29, 1.82) is 5.26 Å². The van der Waals surface area contributed by atoms with E-state index in [9.17, 15) is 14.4 Å². The van der Waals surface area contributed by atoms with Crippen LogP contribution < -0.4 is 5.32 Å². The van der Waals surface area contributed by atoms with E-state index in [1.54, 1.807) is 25.1 Å². The summed E-state index contributed by atoms with van der Waals surface area (Å²) in [6.07, 6.45) is 3.66. The molecule has 0 unspecified atom stereocenters. The molecule has 0 saturated heterocycles. The molecule has 6 heteroatoms. The lowest BCUT2D eigenvalue weighted by Gasteiger charge is -2.35. The summed E-state index contributed by atoms with van der Waals surface area (Å²) in [6, 6.07) is 8.41. The lowest BCUT2D eigenvalue weighted by Crippen LogP contribution is -2.52. The predicted octanol–water partition coefficient (Wildman–Crippen LogP) is 2.50. The number of hydrogen-bond acceptors (Lipinski definition) is 3. The van der Waals surface area contributed by atoms with Gasteiger partial charge in [0.1, 0.15) is 17.0 Å². The van der Waals surface area contributed by atoms with Crippen molar-refractivity contribution in [1.82, 2.24) is 15.1 Å². The fourth-order valence-electron chi connectivity index (χ4n) is 2.58. The van der Waals surface area contributed by atoms with Gasteiger partial charge in [-0.1, -0.05) is 12.1 Å². The number of nitrogens with zero attached hydrogens (tertiary/aromatic N) is 3. The van der Waals surface area contributed by atoms with Gasteiger partial charge in [0.25, 0.3) is 5.91 Å². The third-order valence-corrected chi connectivity index (χ3v) is 4.11. The minimum absolute atomic E-state index is 0.290. The average Bonchev–Trinajstić information content (AvgIpc) is 2.85. The van der Waals surface area contributed by atoms with E-state index < -0.39 is 11.4 Å². The van der Waals surface area contributed by atoms with E-state index in [4.69, 9.17) is 0 Å². The molecule has 5 nitrogen and oxygen atoms in total. The summed E-state index contributed by atoms with van der Waals surface area (Å²) in [5.41, 5.74) is 0.418. The highest BCUT2D eigenvalue weighted by molar-refractivity contribution is 5.96. The molecule has 0 aliphatic heterocycles. The van der Waals surface area contributed by atoms with Gasteiger partial charge in [0.05, 0.1) is 23.5 Å². The van der Waals surface area contributed by atoms with Crippen molar-refractivity contribution in [2.75, 3.05) is 0 Å². The van der Waals surface area contributed by atoms with Crippen molar-refractivity contribution in [2.24, 2.45) is 0 Å². The molecule has 1 amide bonds. The summed E-state index contributed by atoms with van der Waals surface area (Å²) in [5, 5.41) is 16.1. The quantitative estimate of drug-likeness (QED) is 0.946. The molecular weight excluding hydrogens is 283 g/mol. The first-order valence-electron chi connectivity index (χ1n) is 7.10. The van der Waals surface area contributed by atoms with Gasteiger partial charge < -0.3 is 5.32 Å². The average molecular weight is 298 g/mol. The molecule has 2 aromatic rings. The van der Waals surface area contributed by atoms with E-state index in [0.717, 1.165) is 6.42 Å². The molecule has 1 heterocycles. The number of para-hydroxylation sites is 1. The fraction of sp³-hybridized carbons (Fsp3) is 0.312. The Morgan fingerprint density at radius 2 is 2.18 bits per heavy atom. The topological polar surface area (TPSA) is 70.7 Å². The zero-order valence-electron chi connectivity index (χ0n) is 12.1. The zero-order chi connectivity index (χ0) is 15.7. The molecular formula is C16H15FN4O. The Morgan fingerprint density at radius 3 is 2.77 bits per heavy atom. The molecule has 3 rings (SSSR count). The highest BCUT2D eigenvalue weighted by Crippen LogP contribution is 2.31. The second-order valence-electron chi connectivity index (χ2n) is 5.51. The number of amides is 1. The Labute approximate surface area is 127 Å². The summed E-state index contributed by atoms with van der Waals surface area (Å²) < 4.78 is 15.2. The molecule has 1 saturated carbocycles. The minimum atomic E-state index is -0.760. The van der Waals surface area contributed by atoms with Gasteiger partial charge in [-0.15, -0.1) is 0 Å². The van der Waals surface area contributed by atoms with Gasteiger partial charge in [-0.3, -0.25) is 4.79 Å². The Morgan fingerprint density at radius 1 is 1.45 bits per heavy atom. The van der Waals surface area contributed by atoms with E-state index in [2.05, 4.69) is 16.5 Å². The van der Waals surface area contributed by atoms with Gasteiger partial charge in [-0.05, 0) is 38.3 Å². The zero-order valence-corrected chi connectivity index (χ0v) is 12.1. The Balaban J connectivity index is 1.89. The smallest absolute Gasteiger partial charge is 0.256 e. The summed E-state index contributed by atoms with van der Waals surface area (Å²) in [7, 11) is 0. The summed E-state index contributed by atoms with van der Waals surface area (Å²) >= 11 is 0. The number of benzene rings is 1. The van der Waals surface area contributed by atoms with Crippen LogP contribution in [0.4, 0.5) is 4.39 Å². The molecule has 22 heavy (non-hydrogen) atoms. The van der Waals surface area contributed by atoms with Crippen LogP contribution in [-0.4, -0.2) is 21.2 Å². The highest BCUT2D eigenvalue weighted by Gasteiger charge is 2.39. The van der Waals surface area contributed by atoms with Gasteiger partial charge in [0.15, 0.2) is 0 Å². The summed E-state index contributed by atoms with van der Waals surface area (Å²) in [6.45, 7) is 1.70. The second-order valence-corrected chi connectivity index (χ2v) is 5.51. The van der Waals surface area contributed by atoms with E-state index in [-0.39, 0.29) is 11.6 Å². The van der Waals surface area contributed by atoms with Crippen molar-refractivity contribution in [3.8, 4) is 11.8 Å². The van der Waals surface area contributed by atoms with Gasteiger partial charge in [-0.25, -0.2) is 9.07 Å². The molecule has 0 spiro atoms. The van der Waals surface area contributed by atoms with Crippen LogP contribution >= 0.6 is 0 Å². The predicted molar refractivity (Wildman–Crippen MR) is 77.9 cm³/mol. The van der Waals surface area contributed by atoms with Gasteiger partial charge in [0.2, 0.25) is 0 Å². The van der Waals surface area contributed by atoms with Crippen molar-refractivity contribution >= 4 is 5.91 Å². The molecule has 1 aromatic carbocycles. The monoisotopic (exact) mass is 298 g/mol. The third kappa shape index (κ3) is 2.25. The van der Waals surface area contributed by atoms with E-state index in [1.165, 1.54) is 16.9 Å². The number of rotatable bonds is 3. The lowest BCUT2D eigenvalue weighted by atomic mass is 9.78. The molecule has 1 N–H and O–H groups in total. The number of nitrogens with one attached hydrogen (secondary N) is 1. The fourth-order valence-corrected chi connectivity index (χ4v) is 2.58. The van der Waals surface area contributed by atoms with Crippen LogP contribution in [0.5, 0.6) is 0 Å². The lowest BCUT2D eigenvalue weighted by molar-refractivity contribution is 0.0881. The van der Waals surface area contributed by atoms with Gasteiger partial charge in [0, 0.05) is 0 Å². The first kappa shape index (κ1) is 14.3. The standard InChI is InChI=1S/C16H15FN4O/c1-11-12(15(22)20-16(10-18)7-4-8-16)9-19-21(11)14-6-3-2-5-13(14)17/h2-3,5-6,9H,4,7-8H2,1H3,(H,20,22). The molecule has 1 fully saturated rings. The van der Waals surface area contributed by atoms with Crippen LogP contribution in [0.3, 0.4) is 0 Å². The van der Waals surface area contributed by atoms with Crippen LogP contribution in [0, 0.1) is 24.1 Å². The van der Waals surface area contributed by atoms with Crippen molar-refractivity contribution in [3.63, 3.8) is 0 Å². The van der Waals surface area contributed by atoms with Crippen LogP contribution in [0.15, 0.2) is 30.5 Å². The number of hydrogen-bond donors (Lipinski definition) is 1. The molecule has 0 radical (unpaired) electrons. The largest absolute Gasteiger partial charge is 0.334 e. The van der Waals surface area contributed by atoms with Gasteiger partial charge in [-0.2, -0.15) is 10.4 Å². The molecule has 112 valence electrons. The number of halogens is 1. The maximum absolute atomic E-state index is 13.9. The minimum Gasteiger partial charge on any atom is -0.334 e. The molecule has 1 aromatic heterocycles. The molecule has 1 aliphatic rings. The molecule has 0 bridgehead atoms. The van der Waals surface area contributed by atoms with E-state index >= 15 is 0 Å². The number of carbonyl (C=O) groups is 1. The Hall–Kier alpha value is -2.68. The molecule has 1 aliphatic carbocycles. The summed E-state index contributed by atoms with van der Waals surface area (Å²) in [4.78, 5) is 12.4. The van der Waals surface area contributed by atoms with Crippen LogP contribution in [0.25, 0.3) is 5.69 Å². The maximum atomic E-state index is 13.9. The van der Waals surface area contributed by atoms with Gasteiger partial charge >= 0.3 is 0 Å². The first-order valence-corrected chi connectivity index (χ1v) is 7.10. The van der Waals surface area contributed by atoms with Crippen LogP contribution in [0.1, 0.15) is 35.3 Å². The van der Waals surface area contributed by atoms with Crippen LogP contribution in [-0.2, 0) is 0 Å². The number of aromatic nitrogens is 2. The highest BCUT2D eigenvalue weighted by atomic mass is 19.1. The first-order chi connectivity index (χ1) is 10.6. The number of carbonyl (C=O) groups excluding carboxylic acids is 1. The summed E-state index contributed by atoms with van der Waals surface area (Å²) in [5.74, 6) is -0.755.